The second-order valence-corrected chi connectivity index (χ2v) is 10.2. The topological polar surface area (TPSA) is 137 Å². The number of hydrogen-bond donors (Lipinski definition) is 2. The van der Waals surface area contributed by atoms with Crippen LogP contribution in [0.2, 0.25) is 0 Å². The molecule has 10 nitrogen and oxygen atoms in total. The summed E-state index contributed by atoms with van der Waals surface area (Å²) in [7, 11) is -1.32. The molecule has 1 aromatic heterocycles. The zero-order valence-corrected chi connectivity index (χ0v) is 20.6. The number of ether oxygens (including phenoxy) is 1. The summed E-state index contributed by atoms with van der Waals surface area (Å²) in [5.74, 6) is -4.99. The van der Waals surface area contributed by atoms with Gasteiger partial charge in [-0.1, -0.05) is 0 Å². The molecule has 0 bridgehead atoms. The molecule has 1 unspecified atom stereocenters. The van der Waals surface area contributed by atoms with Gasteiger partial charge >= 0.3 is 24.3 Å². The third kappa shape index (κ3) is 9.39. The number of carboxylic acids is 2. The lowest BCUT2D eigenvalue weighted by Crippen LogP contribution is -2.72. The van der Waals surface area contributed by atoms with Gasteiger partial charge in [0.2, 0.25) is 10.0 Å². The Labute approximate surface area is 208 Å². The van der Waals surface area contributed by atoms with Gasteiger partial charge in [0.25, 0.3) is 0 Å². The molecule has 0 saturated carbocycles. The second kappa shape index (κ2) is 12.8. The number of hydrogen-bond acceptors (Lipinski definition) is 7. The van der Waals surface area contributed by atoms with Crippen molar-refractivity contribution in [3.05, 3.63) is 24.5 Å². The van der Waals surface area contributed by atoms with Crippen LogP contribution in [-0.4, -0.2) is 103 Å². The van der Waals surface area contributed by atoms with Crippen LogP contribution in [0.25, 0.3) is 0 Å². The Morgan fingerprint density at radius 3 is 2.05 bits per heavy atom. The lowest BCUT2D eigenvalue weighted by atomic mass is 9.77. The molecular formula is C20H27F6N3O7S. The maximum atomic E-state index is 12.6. The van der Waals surface area contributed by atoms with Crippen molar-refractivity contribution in [3.63, 3.8) is 0 Å². The molecule has 2 N–H and O–H groups in total. The Balaban J connectivity index is 0.000000404. The molecule has 2 saturated heterocycles. The number of alkyl halides is 6. The van der Waals surface area contributed by atoms with Crippen LogP contribution in [0, 0.1) is 5.92 Å². The number of likely N-dealkylation sites (N-methyl/N-ethyl adjacent to an activating group) is 1. The monoisotopic (exact) mass is 567 g/mol. The number of nitrogens with zero attached hydrogens (tertiary/aromatic N) is 3. The minimum atomic E-state index is -5.08. The van der Waals surface area contributed by atoms with Gasteiger partial charge < -0.3 is 14.9 Å². The maximum Gasteiger partial charge on any atom is 0.490 e. The van der Waals surface area contributed by atoms with E-state index in [9.17, 15) is 34.8 Å². The minimum absolute atomic E-state index is 0.0324. The first-order valence-electron chi connectivity index (χ1n) is 10.7. The predicted molar refractivity (Wildman–Crippen MR) is 115 cm³/mol. The van der Waals surface area contributed by atoms with Gasteiger partial charge in [0.05, 0.1) is 0 Å². The van der Waals surface area contributed by atoms with Gasteiger partial charge in [-0.2, -0.15) is 30.6 Å². The maximum absolute atomic E-state index is 12.6. The standard InChI is InChI=1S/C16H25N3O3S.2C2HF3O2/c1-3-22-11-14-6-8-18(2)16(9-14)12-19(13-16)23(20,21)15-5-4-7-17-10-15;2*3-2(4,5)1(6)7/h4-5,7,10,14H,3,6,8-9,11-13H2,1-2H3;2*(H,6,7). The Kier molecular flexibility index (Phi) is 11.3. The van der Waals surface area contributed by atoms with Crippen molar-refractivity contribution < 1.29 is 59.3 Å². The van der Waals surface area contributed by atoms with Gasteiger partial charge in [-0.3, -0.25) is 9.88 Å². The third-order valence-corrected chi connectivity index (χ3v) is 7.38. The smallest absolute Gasteiger partial charge is 0.475 e. The molecule has 1 spiro atoms. The van der Waals surface area contributed by atoms with Gasteiger partial charge in [0.15, 0.2) is 0 Å². The van der Waals surface area contributed by atoms with Crippen molar-refractivity contribution in [2.24, 2.45) is 5.92 Å². The van der Waals surface area contributed by atoms with Gasteiger partial charge in [-0.05, 0) is 51.4 Å². The largest absolute Gasteiger partial charge is 0.490 e. The summed E-state index contributed by atoms with van der Waals surface area (Å²) in [4.78, 5) is 24.3. The van der Waals surface area contributed by atoms with E-state index in [1.54, 1.807) is 22.6 Å². The summed E-state index contributed by atoms with van der Waals surface area (Å²) >= 11 is 0. The van der Waals surface area contributed by atoms with E-state index < -0.39 is 34.3 Å². The summed E-state index contributed by atoms with van der Waals surface area (Å²) in [5, 5.41) is 14.2. The van der Waals surface area contributed by atoms with Crippen LogP contribution < -0.4 is 0 Å². The number of halogens is 6. The number of carbonyl (C=O) groups is 2. The summed E-state index contributed by atoms with van der Waals surface area (Å²) < 4.78 is 95.9. The van der Waals surface area contributed by atoms with Crippen LogP contribution >= 0.6 is 0 Å². The number of aromatic nitrogens is 1. The van der Waals surface area contributed by atoms with Crippen molar-refractivity contribution in [2.75, 3.05) is 39.9 Å². The van der Waals surface area contributed by atoms with E-state index in [4.69, 9.17) is 24.5 Å². The van der Waals surface area contributed by atoms with E-state index in [0.29, 0.717) is 19.0 Å². The lowest BCUT2D eigenvalue weighted by molar-refractivity contribution is -0.193. The number of sulfonamides is 1. The average molecular weight is 568 g/mol. The van der Waals surface area contributed by atoms with E-state index in [1.807, 2.05) is 6.92 Å². The molecular weight excluding hydrogens is 540 g/mol. The molecule has 2 aliphatic heterocycles. The Morgan fingerprint density at radius 2 is 1.65 bits per heavy atom. The number of rotatable bonds is 5. The van der Waals surface area contributed by atoms with Crippen LogP contribution in [0.4, 0.5) is 26.3 Å². The fourth-order valence-electron chi connectivity index (χ4n) is 3.63. The first-order chi connectivity index (χ1) is 16.9. The van der Waals surface area contributed by atoms with Crippen molar-refractivity contribution in [3.8, 4) is 0 Å². The molecule has 2 fully saturated rings. The van der Waals surface area contributed by atoms with E-state index >= 15 is 0 Å². The van der Waals surface area contributed by atoms with Crippen LogP contribution in [0.5, 0.6) is 0 Å². The Hall–Kier alpha value is -2.50. The van der Waals surface area contributed by atoms with Crippen molar-refractivity contribution in [1.82, 2.24) is 14.2 Å². The second-order valence-electron chi connectivity index (χ2n) is 8.23. The highest BCUT2D eigenvalue weighted by molar-refractivity contribution is 7.89. The first kappa shape index (κ1) is 32.5. The normalized spacial score (nSPS) is 20.1. The number of piperidine rings is 1. The molecule has 17 heteroatoms. The molecule has 3 rings (SSSR count). The number of carboxylic acid groups (broad SMARTS) is 2. The molecule has 0 amide bonds. The fourth-order valence-corrected chi connectivity index (χ4v) is 5.20. The summed E-state index contributed by atoms with van der Waals surface area (Å²) in [6.45, 7) is 5.64. The molecule has 2 aliphatic rings. The van der Waals surface area contributed by atoms with E-state index in [2.05, 4.69) is 16.9 Å². The van der Waals surface area contributed by atoms with Crippen LogP contribution in [0.1, 0.15) is 19.8 Å². The number of aliphatic carboxylic acids is 2. The van der Waals surface area contributed by atoms with Gasteiger partial charge in [-0.25, -0.2) is 18.0 Å². The van der Waals surface area contributed by atoms with Gasteiger partial charge in [0.1, 0.15) is 4.90 Å². The average Bonchev–Trinajstić information content (AvgIpc) is 2.77. The fraction of sp³-hybridized carbons (Fsp3) is 0.650. The lowest BCUT2D eigenvalue weighted by Gasteiger charge is -2.57. The highest BCUT2D eigenvalue weighted by atomic mass is 32.2. The number of pyridine rings is 1. The molecule has 212 valence electrons. The Bertz CT molecular complexity index is 974. The highest BCUT2D eigenvalue weighted by Crippen LogP contribution is 2.40. The van der Waals surface area contributed by atoms with Crippen LogP contribution in [0.3, 0.4) is 0 Å². The van der Waals surface area contributed by atoms with Crippen LogP contribution in [-0.2, 0) is 24.3 Å². The molecule has 0 aromatic carbocycles. The summed E-state index contributed by atoms with van der Waals surface area (Å²) in [5.41, 5.74) is -0.0324. The zero-order valence-electron chi connectivity index (χ0n) is 19.8. The molecule has 0 aliphatic carbocycles. The predicted octanol–water partition coefficient (Wildman–Crippen LogP) is 2.47. The Morgan fingerprint density at radius 1 is 1.14 bits per heavy atom. The summed E-state index contributed by atoms with van der Waals surface area (Å²) in [6.07, 6.45) is -5.04. The van der Waals surface area contributed by atoms with Crippen molar-refractivity contribution in [2.45, 2.75) is 42.6 Å². The summed E-state index contributed by atoms with van der Waals surface area (Å²) in [6, 6.07) is 3.27. The number of likely N-dealkylation sites (tertiary alicyclic amines) is 1. The first-order valence-corrected chi connectivity index (χ1v) is 12.1. The van der Waals surface area contributed by atoms with E-state index in [0.717, 1.165) is 32.6 Å². The zero-order chi connectivity index (χ0) is 28.7. The van der Waals surface area contributed by atoms with E-state index in [1.165, 1.54) is 6.20 Å². The third-order valence-electron chi connectivity index (χ3n) is 5.61. The van der Waals surface area contributed by atoms with Gasteiger partial charge in [0, 0.05) is 44.2 Å². The molecule has 1 atom stereocenters. The van der Waals surface area contributed by atoms with E-state index in [-0.39, 0.29) is 10.4 Å². The molecule has 3 heterocycles. The minimum Gasteiger partial charge on any atom is -0.475 e. The molecule has 1 aromatic rings. The van der Waals surface area contributed by atoms with Gasteiger partial charge in [-0.15, -0.1) is 0 Å². The van der Waals surface area contributed by atoms with Crippen molar-refractivity contribution >= 4 is 22.0 Å². The molecule has 37 heavy (non-hydrogen) atoms. The van der Waals surface area contributed by atoms with Crippen molar-refractivity contribution in [1.29, 1.82) is 0 Å². The highest BCUT2D eigenvalue weighted by Gasteiger charge is 2.53. The molecule has 0 radical (unpaired) electrons. The quantitative estimate of drug-likeness (QED) is 0.514. The van der Waals surface area contributed by atoms with Crippen LogP contribution in [0.15, 0.2) is 29.4 Å². The SMILES string of the molecule is CCOCC1CCN(C)C2(C1)CN(S(=O)(=O)c1cccnc1)C2.O=C(O)C(F)(F)F.O=C(O)C(F)(F)F.